The Hall–Kier alpha value is -2.33. The van der Waals surface area contributed by atoms with Crippen molar-refractivity contribution in [2.24, 2.45) is 0 Å². The van der Waals surface area contributed by atoms with Crippen molar-refractivity contribution in [3.63, 3.8) is 0 Å². The molecule has 0 fully saturated rings. The summed E-state index contributed by atoms with van der Waals surface area (Å²) in [5.41, 5.74) is 11.0. The largest absolute Gasteiger partial charge is 0.497 e. The van der Waals surface area contributed by atoms with E-state index in [4.69, 9.17) is 15.5 Å². The van der Waals surface area contributed by atoms with Gasteiger partial charge in [0.25, 0.3) is 0 Å². The summed E-state index contributed by atoms with van der Waals surface area (Å²) in [6.07, 6.45) is 0. The highest BCUT2D eigenvalue weighted by molar-refractivity contribution is 7.15. The maximum Gasteiger partial charge on any atom is 0.124 e. The first-order valence-corrected chi connectivity index (χ1v) is 7.88. The number of nitrogen functional groups attached to an aromatic ring is 1. The number of nitrogens with zero attached hydrogens (tertiary/aromatic N) is 1. The summed E-state index contributed by atoms with van der Waals surface area (Å²) in [7, 11) is 1.68. The molecule has 0 radical (unpaired) electrons. The van der Waals surface area contributed by atoms with Crippen LogP contribution >= 0.6 is 11.3 Å². The third-order valence-electron chi connectivity index (χ3n) is 3.62. The van der Waals surface area contributed by atoms with Crippen LogP contribution in [0.4, 0.5) is 5.69 Å². The normalized spacial score (nSPS) is 10.7. The van der Waals surface area contributed by atoms with E-state index >= 15 is 0 Å². The van der Waals surface area contributed by atoms with Gasteiger partial charge in [-0.15, -0.1) is 11.3 Å². The molecule has 0 bridgehead atoms. The lowest BCUT2D eigenvalue weighted by Gasteiger charge is -2.06. The maximum absolute atomic E-state index is 5.87. The van der Waals surface area contributed by atoms with Gasteiger partial charge in [-0.3, -0.25) is 0 Å². The van der Waals surface area contributed by atoms with Crippen LogP contribution in [0.15, 0.2) is 42.5 Å². The van der Waals surface area contributed by atoms with Crippen molar-refractivity contribution >= 4 is 17.0 Å². The number of anilines is 1. The Labute approximate surface area is 134 Å². The molecule has 22 heavy (non-hydrogen) atoms. The first-order chi connectivity index (χ1) is 10.6. The van der Waals surface area contributed by atoms with Gasteiger partial charge in [-0.1, -0.05) is 12.1 Å². The van der Waals surface area contributed by atoms with Gasteiger partial charge in [-0.05, 0) is 49.7 Å². The lowest BCUT2D eigenvalue weighted by molar-refractivity contribution is 0.414. The van der Waals surface area contributed by atoms with Crippen LogP contribution in [-0.2, 0) is 0 Å². The second kappa shape index (κ2) is 5.81. The third-order valence-corrected chi connectivity index (χ3v) is 4.64. The van der Waals surface area contributed by atoms with Gasteiger partial charge in [0.1, 0.15) is 10.8 Å². The second-order valence-electron chi connectivity index (χ2n) is 5.23. The molecule has 1 heterocycles. The number of ether oxygens (including phenoxy) is 1. The first kappa shape index (κ1) is 14.6. The van der Waals surface area contributed by atoms with Gasteiger partial charge in [0.15, 0.2) is 0 Å². The van der Waals surface area contributed by atoms with Gasteiger partial charge in [0, 0.05) is 21.7 Å². The van der Waals surface area contributed by atoms with E-state index in [1.807, 2.05) is 36.4 Å². The number of aryl methyl sites for hydroxylation is 2. The first-order valence-electron chi connectivity index (χ1n) is 7.07. The zero-order chi connectivity index (χ0) is 15.7. The Kier molecular flexibility index (Phi) is 3.86. The molecule has 1 aromatic heterocycles. The molecule has 0 unspecified atom stereocenters. The monoisotopic (exact) mass is 310 g/mol. The Bertz CT molecular complexity index is 824. The number of hydrogen-bond donors (Lipinski definition) is 1. The van der Waals surface area contributed by atoms with E-state index in [9.17, 15) is 0 Å². The van der Waals surface area contributed by atoms with Crippen LogP contribution in [0.25, 0.3) is 21.8 Å². The van der Waals surface area contributed by atoms with Crippen molar-refractivity contribution in [1.82, 2.24) is 4.98 Å². The van der Waals surface area contributed by atoms with Crippen molar-refractivity contribution < 1.29 is 4.74 Å². The zero-order valence-corrected chi connectivity index (χ0v) is 13.7. The van der Waals surface area contributed by atoms with Gasteiger partial charge < -0.3 is 10.5 Å². The number of methoxy groups -OCH3 is 1. The summed E-state index contributed by atoms with van der Waals surface area (Å²) in [4.78, 5) is 6.03. The predicted molar refractivity (Wildman–Crippen MR) is 93.4 cm³/mol. The quantitative estimate of drug-likeness (QED) is 0.714. The minimum atomic E-state index is 0.757. The fraction of sp³-hybridized carbons (Fsp3) is 0.167. The van der Waals surface area contributed by atoms with Gasteiger partial charge in [0.2, 0.25) is 0 Å². The smallest absolute Gasteiger partial charge is 0.124 e. The average Bonchev–Trinajstić information content (AvgIpc) is 2.89. The number of benzene rings is 2. The molecule has 3 nitrogen and oxygen atoms in total. The number of aromatic nitrogens is 1. The highest BCUT2D eigenvalue weighted by Crippen LogP contribution is 2.35. The topological polar surface area (TPSA) is 48.1 Å². The van der Waals surface area contributed by atoms with E-state index in [-0.39, 0.29) is 0 Å². The lowest BCUT2D eigenvalue weighted by Crippen LogP contribution is -1.89. The van der Waals surface area contributed by atoms with Crippen molar-refractivity contribution in [1.29, 1.82) is 0 Å². The summed E-state index contributed by atoms with van der Waals surface area (Å²) < 4.78 is 5.27. The molecule has 0 aliphatic heterocycles. The highest BCUT2D eigenvalue weighted by Gasteiger charge is 2.13. The molecular formula is C18H18N2OS. The minimum absolute atomic E-state index is 0.757. The molecule has 0 atom stereocenters. The van der Waals surface area contributed by atoms with Gasteiger partial charge >= 0.3 is 0 Å². The second-order valence-corrected chi connectivity index (χ2v) is 6.43. The number of hydrogen-bond acceptors (Lipinski definition) is 4. The lowest BCUT2D eigenvalue weighted by atomic mass is 10.0. The molecule has 2 aromatic carbocycles. The third kappa shape index (κ3) is 2.70. The molecule has 0 amide bonds. The molecule has 3 rings (SSSR count). The van der Waals surface area contributed by atoms with Crippen molar-refractivity contribution in [3.05, 3.63) is 52.9 Å². The summed E-state index contributed by atoms with van der Waals surface area (Å²) in [5, 5.41) is 0.995. The van der Waals surface area contributed by atoms with Crippen molar-refractivity contribution in [3.8, 4) is 27.6 Å². The summed E-state index contributed by atoms with van der Waals surface area (Å²) in [5.74, 6) is 0.866. The van der Waals surface area contributed by atoms with Crippen molar-refractivity contribution in [2.45, 2.75) is 13.8 Å². The molecule has 0 saturated carbocycles. The molecule has 112 valence electrons. The van der Waals surface area contributed by atoms with Crippen LogP contribution in [0.5, 0.6) is 5.75 Å². The molecule has 0 saturated heterocycles. The van der Waals surface area contributed by atoms with Gasteiger partial charge in [-0.2, -0.15) is 0 Å². The fourth-order valence-electron chi connectivity index (χ4n) is 2.47. The maximum atomic E-state index is 5.87. The molecule has 0 aliphatic rings. The van der Waals surface area contributed by atoms with E-state index < -0.39 is 0 Å². The minimum Gasteiger partial charge on any atom is -0.497 e. The van der Waals surface area contributed by atoms with Crippen LogP contribution in [0.1, 0.15) is 10.4 Å². The Morgan fingerprint density at radius 1 is 1.09 bits per heavy atom. The van der Waals surface area contributed by atoms with E-state index in [1.165, 1.54) is 4.88 Å². The Morgan fingerprint density at radius 3 is 2.59 bits per heavy atom. The van der Waals surface area contributed by atoms with Crippen molar-refractivity contribution in [2.75, 3.05) is 12.8 Å². The zero-order valence-electron chi connectivity index (χ0n) is 12.9. The Morgan fingerprint density at radius 2 is 1.91 bits per heavy atom. The van der Waals surface area contributed by atoms with E-state index in [2.05, 4.69) is 19.9 Å². The molecule has 0 spiro atoms. The predicted octanol–water partition coefficient (Wildman–Crippen LogP) is 4.68. The number of nitrogens with two attached hydrogens (primary N) is 1. The average molecular weight is 310 g/mol. The van der Waals surface area contributed by atoms with Crippen LogP contribution in [-0.4, -0.2) is 12.1 Å². The van der Waals surface area contributed by atoms with Crippen LogP contribution in [0, 0.1) is 13.8 Å². The molecular weight excluding hydrogens is 292 g/mol. The SMILES string of the molecule is COc1ccc(-c2nc(-c3cccc(N)c3)sc2C)c(C)c1. The van der Waals surface area contributed by atoms with Gasteiger partial charge in [0.05, 0.1) is 12.8 Å². The molecule has 4 heteroatoms. The molecule has 2 N–H and O–H groups in total. The highest BCUT2D eigenvalue weighted by atomic mass is 32.1. The fourth-order valence-corrected chi connectivity index (χ4v) is 3.39. The van der Waals surface area contributed by atoms with E-state index in [0.717, 1.165) is 38.8 Å². The molecule has 0 aliphatic carbocycles. The van der Waals surface area contributed by atoms with E-state index in [0.29, 0.717) is 0 Å². The van der Waals surface area contributed by atoms with Gasteiger partial charge in [-0.25, -0.2) is 4.98 Å². The summed E-state index contributed by atoms with van der Waals surface area (Å²) in [6, 6.07) is 13.9. The number of rotatable bonds is 3. The molecule has 3 aromatic rings. The summed E-state index contributed by atoms with van der Waals surface area (Å²) >= 11 is 1.69. The standard InChI is InChI=1S/C18H18N2OS/c1-11-9-15(21-3)7-8-16(11)17-12(2)22-18(20-17)13-5-4-6-14(19)10-13/h4-10H,19H2,1-3H3. The van der Waals surface area contributed by atoms with Crippen LogP contribution < -0.4 is 10.5 Å². The van der Waals surface area contributed by atoms with Crippen LogP contribution in [0.2, 0.25) is 0 Å². The number of thiazole rings is 1. The summed E-state index contributed by atoms with van der Waals surface area (Å²) in [6.45, 7) is 4.18. The van der Waals surface area contributed by atoms with E-state index in [1.54, 1.807) is 18.4 Å². The Balaban J connectivity index is 2.06. The van der Waals surface area contributed by atoms with Crippen LogP contribution in [0.3, 0.4) is 0 Å².